The third kappa shape index (κ3) is 2.08. The fourth-order valence-corrected chi connectivity index (χ4v) is 4.53. The van der Waals surface area contributed by atoms with Gasteiger partial charge in [0.1, 0.15) is 5.75 Å². The molecule has 0 fully saturated rings. The number of hydrogen-bond acceptors (Lipinski definition) is 3. The van der Waals surface area contributed by atoms with Gasteiger partial charge in [-0.15, -0.1) is 12.3 Å². The van der Waals surface area contributed by atoms with E-state index in [9.17, 15) is 8.42 Å². The summed E-state index contributed by atoms with van der Waals surface area (Å²) in [5.74, 6) is 3.30. The van der Waals surface area contributed by atoms with Gasteiger partial charge in [0.15, 0.2) is 0 Å². The Labute approximate surface area is 130 Å². The molecule has 3 rings (SSSR count). The smallest absolute Gasteiger partial charge is 0.242 e. The van der Waals surface area contributed by atoms with Gasteiger partial charge in [-0.3, -0.25) is 0 Å². The highest BCUT2D eigenvalue weighted by Crippen LogP contribution is 2.43. The summed E-state index contributed by atoms with van der Waals surface area (Å²) in [6, 6.07) is 14.2. The molecular formula is C17H15NO3S. The minimum Gasteiger partial charge on any atom is -0.497 e. The summed E-state index contributed by atoms with van der Waals surface area (Å²) < 4.78 is 32.8. The highest BCUT2D eigenvalue weighted by molar-refractivity contribution is 7.89. The first-order valence-electron chi connectivity index (χ1n) is 6.75. The van der Waals surface area contributed by atoms with E-state index in [1.165, 1.54) is 0 Å². The van der Waals surface area contributed by atoms with Crippen LogP contribution < -0.4 is 9.46 Å². The van der Waals surface area contributed by atoms with Crippen LogP contribution in [0.15, 0.2) is 53.4 Å². The summed E-state index contributed by atoms with van der Waals surface area (Å²) in [4.78, 5) is 0.279. The first kappa shape index (κ1) is 14.6. The average molecular weight is 313 g/mol. The van der Waals surface area contributed by atoms with Crippen LogP contribution in [-0.4, -0.2) is 15.5 Å². The molecule has 1 heterocycles. The molecule has 1 atom stereocenters. The fraction of sp³-hybridized carbons (Fsp3) is 0.176. The van der Waals surface area contributed by atoms with Gasteiger partial charge in [0.05, 0.1) is 17.5 Å². The van der Waals surface area contributed by atoms with Crippen LogP contribution in [0.1, 0.15) is 17.5 Å². The number of hydrogen-bond donors (Lipinski definition) is 1. The Morgan fingerprint density at radius 2 is 1.86 bits per heavy atom. The van der Waals surface area contributed by atoms with Crippen molar-refractivity contribution in [1.29, 1.82) is 0 Å². The van der Waals surface area contributed by atoms with E-state index in [0.717, 1.165) is 5.56 Å². The molecule has 2 aromatic rings. The van der Waals surface area contributed by atoms with E-state index in [1.807, 2.05) is 18.2 Å². The second-order valence-corrected chi connectivity index (χ2v) is 6.77. The molecule has 0 saturated heterocycles. The summed E-state index contributed by atoms with van der Waals surface area (Å²) in [6.45, 7) is 0. The number of rotatable bonds is 3. The largest absolute Gasteiger partial charge is 0.497 e. The summed E-state index contributed by atoms with van der Waals surface area (Å²) in [7, 11) is -1.99. The molecule has 22 heavy (non-hydrogen) atoms. The van der Waals surface area contributed by atoms with Crippen molar-refractivity contribution in [2.45, 2.75) is 16.9 Å². The van der Waals surface area contributed by atoms with Crippen LogP contribution in [-0.2, 0) is 15.6 Å². The third-order valence-electron chi connectivity index (χ3n) is 3.90. The SMILES string of the molecule is C#CCC1(c2ccc(OC)cc2)NS(=O)(=O)c2ccccc21. The van der Waals surface area contributed by atoms with E-state index in [0.29, 0.717) is 11.3 Å². The van der Waals surface area contributed by atoms with Gasteiger partial charge in [-0.2, -0.15) is 4.72 Å². The molecule has 1 unspecified atom stereocenters. The Balaban J connectivity index is 2.25. The lowest BCUT2D eigenvalue weighted by Gasteiger charge is -2.28. The molecule has 0 spiro atoms. The first-order chi connectivity index (χ1) is 10.5. The number of terminal acetylenes is 1. The minimum absolute atomic E-state index is 0.232. The van der Waals surface area contributed by atoms with Crippen molar-refractivity contribution in [3.63, 3.8) is 0 Å². The van der Waals surface area contributed by atoms with Gasteiger partial charge in [0.2, 0.25) is 10.0 Å². The molecule has 112 valence electrons. The van der Waals surface area contributed by atoms with Gasteiger partial charge >= 0.3 is 0 Å². The van der Waals surface area contributed by atoms with E-state index >= 15 is 0 Å². The van der Waals surface area contributed by atoms with E-state index in [-0.39, 0.29) is 11.3 Å². The zero-order valence-electron chi connectivity index (χ0n) is 12.0. The monoisotopic (exact) mass is 313 g/mol. The van der Waals surface area contributed by atoms with Crippen LogP contribution in [0.25, 0.3) is 0 Å². The summed E-state index contributed by atoms with van der Waals surface area (Å²) >= 11 is 0. The zero-order chi connectivity index (χ0) is 15.8. The van der Waals surface area contributed by atoms with E-state index in [4.69, 9.17) is 11.2 Å². The molecule has 2 aromatic carbocycles. The topological polar surface area (TPSA) is 55.4 Å². The van der Waals surface area contributed by atoms with Crippen LogP contribution >= 0.6 is 0 Å². The maximum absolute atomic E-state index is 12.4. The second kappa shape index (κ2) is 5.16. The van der Waals surface area contributed by atoms with Gasteiger partial charge in [0, 0.05) is 6.42 Å². The number of nitrogens with one attached hydrogen (secondary N) is 1. The van der Waals surface area contributed by atoms with E-state index in [2.05, 4.69) is 10.6 Å². The van der Waals surface area contributed by atoms with E-state index < -0.39 is 15.6 Å². The van der Waals surface area contributed by atoms with Crippen molar-refractivity contribution in [1.82, 2.24) is 4.72 Å². The standard InChI is InChI=1S/C17H15NO3S/c1-3-12-17(13-8-10-14(21-2)11-9-13)15-6-4-5-7-16(15)22(19,20)18-17/h1,4-11,18H,12H2,2H3. The number of benzene rings is 2. The summed E-state index contributed by atoms with van der Waals surface area (Å²) in [5, 5.41) is 0. The van der Waals surface area contributed by atoms with Crippen molar-refractivity contribution in [2.75, 3.05) is 7.11 Å². The lowest BCUT2D eigenvalue weighted by Crippen LogP contribution is -2.40. The van der Waals surface area contributed by atoms with Crippen molar-refractivity contribution in [2.24, 2.45) is 0 Å². The van der Waals surface area contributed by atoms with E-state index in [1.54, 1.807) is 37.4 Å². The maximum atomic E-state index is 12.4. The normalized spacial score (nSPS) is 21.8. The molecule has 5 heteroatoms. The van der Waals surface area contributed by atoms with Crippen LogP contribution in [0.5, 0.6) is 5.75 Å². The third-order valence-corrected chi connectivity index (χ3v) is 5.45. The number of fused-ring (bicyclic) bond motifs is 1. The van der Waals surface area contributed by atoms with Gasteiger partial charge in [-0.25, -0.2) is 8.42 Å². The Bertz CT molecular complexity index is 850. The highest BCUT2D eigenvalue weighted by Gasteiger charge is 2.47. The summed E-state index contributed by atoms with van der Waals surface area (Å²) in [6.07, 6.45) is 5.75. The predicted octanol–water partition coefficient (Wildman–Crippen LogP) is 2.25. The predicted molar refractivity (Wildman–Crippen MR) is 84.0 cm³/mol. The van der Waals surface area contributed by atoms with Gasteiger partial charge < -0.3 is 4.74 Å². The maximum Gasteiger partial charge on any atom is 0.242 e. The van der Waals surface area contributed by atoms with Crippen molar-refractivity contribution >= 4 is 10.0 Å². The van der Waals surface area contributed by atoms with Crippen LogP contribution in [0.3, 0.4) is 0 Å². The molecule has 1 N–H and O–H groups in total. The molecule has 0 saturated carbocycles. The minimum atomic E-state index is -3.58. The zero-order valence-corrected chi connectivity index (χ0v) is 12.9. The first-order valence-corrected chi connectivity index (χ1v) is 8.23. The Morgan fingerprint density at radius 3 is 2.50 bits per heavy atom. The number of methoxy groups -OCH3 is 1. The highest BCUT2D eigenvalue weighted by atomic mass is 32.2. The van der Waals surface area contributed by atoms with Crippen LogP contribution in [0.2, 0.25) is 0 Å². The molecule has 4 nitrogen and oxygen atoms in total. The Kier molecular flexibility index (Phi) is 3.44. The number of ether oxygens (including phenoxy) is 1. The molecule has 0 aliphatic carbocycles. The quantitative estimate of drug-likeness (QED) is 0.884. The Hall–Kier alpha value is -2.29. The van der Waals surface area contributed by atoms with Crippen molar-refractivity contribution in [3.8, 4) is 18.1 Å². The molecule has 1 aliphatic heterocycles. The average Bonchev–Trinajstić information content (AvgIpc) is 2.77. The summed E-state index contributed by atoms with van der Waals surface area (Å²) in [5.41, 5.74) is 0.536. The lowest BCUT2D eigenvalue weighted by molar-refractivity contribution is 0.413. The molecule has 0 bridgehead atoms. The molecular weight excluding hydrogens is 298 g/mol. The van der Waals surface area contributed by atoms with Gasteiger partial charge in [0.25, 0.3) is 0 Å². The molecule has 0 aromatic heterocycles. The fourth-order valence-electron chi connectivity index (χ4n) is 2.87. The van der Waals surface area contributed by atoms with Gasteiger partial charge in [-0.05, 0) is 29.3 Å². The molecule has 0 amide bonds. The van der Waals surface area contributed by atoms with Crippen LogP contribution in [0, 0.1) is 12.3 Å². The molecule has 1 aliphatic rings. The van der Waals surface area contributed by atoms with Crippen LogP contribution in [0.4, 0.5) is 0 Å². The Morgan fingerprint density at radius 1 is 1.18 bits per heavy atom. The number of sulfonamides is 1. The van der Waals surface area contributed by atoms with Gasteiger partial charge in [-0.1, -0.05) is 30.3 Å². The second-order valence-electron chi connectivity index (χ2n) is 5.12. The van der Waals surface area contributed by atoms with Crippen molar-refractivity contribution < 1.29 is 13.2 Å². The lowest BCUT2D eigenvalue weighted by atomic mass is 9.81. The van der Waals surface area contributed by atoms with Crippen molar-refractivity contribution in [3.05, 3.63) is 59.7 Å². The molecule has 0 radical (unpaired) electrons.